The Hall–Kier alpha value is -6.10. The normalized spacial score (nSPS) is 10.7. The van der Waals surface area contributed by atoms with Gasteiger partial charge in [-0.2, -0.15) is 0 Å². The molecule has 0 bridgehead atoms. The molecule has 0 atom stereocenters. The van der Waals surface area contributed by atoms with Crippen molar-refractivity contribution in [1.82, 2.24) is 16.0 Å². The fourth-order valence-electron chi connectivity index (χ4n) is 5.42. The second-order valence-electron chi connectivity index (χ2n) is 12.5. The van der Waals surface area contributed by atoms with E-state index in [0.29, 0.717) is 68.8 Å². The smallest absolute Gasteiger partial charge is 0.319 e. The number of hydrogen-bond acceptors (Lipinski definition) is 6. The zero-order chi connectivity index (χ0) is 36.7. The topological polar surface area (TPSA) is 168 Å². The summed E-state index contributed by atoms with van der Waals surface area (Å²) in [5.41, 5.74) is 19.7. The maximum Gasteiger partial charge on any atom is 0.319 e. The molecular formula is C42H44N6O4. The van der Waals surface area contributed by atoms with Crippen LogP contribution >= 0.6 is 0 Å². The van der Waals surface area contributed by atoms with Gasteiger partial charge in [0.05, 0.1) is 0 Å². The SMILES string of the molecule is NCc1ccc(CCC(=O)Cc2ccc(CNC(=O)c3ccc(C(=O)NCc4ccc(NC(=O)NCc5ccc(CN)cc5)cc4)cc3)cc2)cc1. The van der Waals surface area contributed by atoms with Crippen LogP contribution in [0.4, 0.5) is 10.5 Å². The number of Topliss-reactive ketones (excluding diaryl/α,β-unsaturated/α-hetero) is 1. The predicted octanol–water partition coefficient (Wildman–Crippen LogP) is 5.53. The summed E-state index contributed by atoms with van der Waals surface area (Å²) >= 11 is 0. The molecule has 10 nitrogen and oxygen atoms in total. The van der Waals surface area contributed by atoms with Gasteiger partial charge in [-0.25, -0.2) is 4.79 Å². The first-order valence-electron chi connectivity index (χ1n) is 17.2. The van der Waals surface area contributed by atoms with Crippen LogP contribution in [-0.4, -0.2) is 23.6 Å². The number of amides is 4. The summed E-state index contributed by atoms with van der Waals surface area (Å²) in [7, 11) is 0. The van der Waals surface area contributed by atoms with Gasteiger partial charge in [-0.15, -0.1) is 0 Å². The van der Waals surface area contributed by atoms with E-state index in [1.165, 1.54) is 0 Å². The molecule has 0 aromatic heterocycles. The van der Waals surface area contributed by atoms with Gasteiger partial charge in [0.25, 0.3) is 11.8 Å². The van der Waals surface area contributed by atoms with Crippen molar-refractivity contribution < 1.29 is 19.2 Å². The molecule has 0 aliphatic heterocycles. The van der Waals surface area contributed by atoms with Crippen LogP contribution in [0.5, 0.6) is 0 Å². The quantitative estimate of drug-likeness (QED) is 0.0793. The molecule has 0 saturated heterocycles. The number of benzene rings is 5. The second kappa shape index (κ2) is 18.8. The van der Waals surface area contributed by atoms with E-state index in [-0.39, 0.29) is 23.6 Å². The third kappa shape index (κ3) is 11.5. The van der Waals surface area contributed by atoms with Gasteiger partial charge in [0.15, 0.2) is 0 Å². The van der Waals surface area contributed by atoms with Crippen LogP contribution in [0, 0.1) is 0 Å². The highest BCUT2D eigenvalue weighted by Gasteiger charge is 2.11. The van der Waals surface area contributed by atoms with Crippen LogP contribution in [-0.2, 0) is 50.4 Å². The molecule has 5 aromatic rings. The van der Waals surface area contributed by atoms with Gasteiger partial charge >= 0.3 is 6.03 Å². The Morgan fingerprint density at radius 1 is 0.442 bits per heavy atom. The van der Waals surface area contributed by atoms with Gasteiger partial charge in [0.2, 0.25) is 0 Å². The molecule has 0 aliphatic carbocycles. The summed E-state index contributed by atoms with van der Waals surface area (Å²) in [6.45, 7) is 1.99. The standard InChI is InChI=1S/C42H44N6O4/c43-24-31-5-1-29(2-6-31)15-22-39(49)23-30-3-9-33(10-4-30)26-45-40(50)36-16-18-37(19-17-36)41(51)46-27-35-13-20-38(21-14-35)48-42(52)47-28-34-11-7-32(25-44)8-12-34/h1-14,16-21H,15,22-28,43-44H2,(H,45,50)(H,46,51)(H2,47,48,52). The maximum atomic E-state index is 12.8. The Kier molecular flexibility index (Phi) is 13.4. The number of anilines is 1. The zero-order valence-electron chi connectivity index (χ0n) is 29.0. The highest BCUT2D eigenvalue weighted by molar-refractivity contribution is 5.97. The fourth-order valence-corrected chi connectivity index (χ4v) is 5.42. The summed E-state index contributed by atoms with van der Waals surface area (Å²) in [4.78, 5) is 50.3. The molecule has 8 N–H and O–H groups in total. The van der Waals surface area contributed by atoms with Gasteiger partial charge in [-0.3, -0.25) is 14.4 Å². The molecule has 0 fully saturated rings. The Balaban J connectivity index is 0.995. The van der Waals surface area contributed by atoms with Crippen molar-refractivity contribution in [3.05, 3.63) is 171 Å². The van der Waals surface area contributed by atoms with E-state index in [0.717, 1.165) is 38.9 Å². The largest absolute Gasteiger partial charge is 0.348 e. The van der Waals surface area contributed by atoms with Gasteiger partial charge in [-0.05, 0) is 81.8 Å². The lowest BCUT2D eigenvalue weighted by molar-refractivity contribution is -0.118. The molecule has 0 spiro atoms. The summed E-state index contributed by atoms with van der Waals surface area (Å²) in [5.74, 6) is -0.352. The number of nitrogens with one attached hydrogen (secondary N) is 4. The molecule has 0 aliphatic rings. The first-order chi connectivity index (χ1) is 25.3. The second-order valence-corrected chi connectivity index (χ2v) is 12.5. The van der Waals surface area contributed by atoms with Crippen LogP contribution in [0.2, 0.25) is 0 Å². The summed E-state index contributed by atoms with van der Waals surface area (Å²) in [6, 6.07) is 36.7. The number of hydrogen-bond donors (Lipinski definition) is 6. The van der Waals surface area contributed by atoms with Crippen LogP contribution in [0.3, 0.4) is 0 Å². The van der Waals surface area contributed by atoms with Crippen molar-refractivity contribution in [2.45, 2.75) is 52.0 Å². The van der Waals surface area contributed by atoms with Gasteiger partial charge < -0.3 is 32.7 Å². The van der Waals surface area contributed by atoms with E-state index in [9.17, 15) is 19.2 Å². The number of nitrogens with two attached hydrogens (primary N) is 2. The van der Waals surface area contributed by atoms with E-state index in [1.54, 1.807) is 36.4 Å². The Morgan fingerprint density at radius 2 is 0.827 bits per heavy atom. The third-order valence-corrected chi connectivity index (χ3v) is 8.61. The van der Waals surface area contributed by atoms with Crippen molar-refractivity contribution in [2.75, 3.05) is 5.32 Å². The molecule has 5 aromatic carbocycles. The van der Waals surface area contributed by atoms with E-state index in [1.807, 2.05) is 84.9 Å². The lowest BCUT2D eigenvalue weighted by Gasteiger charge is -2.10. The fraction of sp³-hybridized carbons (Fsp3) is 0.190. The minimum atomic E-state index is -0.322. The summed E-state index contributed by atoms with van der Waals surface area (Å²) in [6.07, 6.45) is 1.54. The van der Waals surface area contributed by atoms with E-state index in [4.69, 9.17) is 11.5 Å². The van der Waals surface area contributed by atoms with Crippen LogP contribution < -0.4 is 32.7 Å². The molecule has 266 valence electrons. The van der Waals surface area contributed by atoms with Crippen molar-refractivity contribution >= 4 is 29.3 Å². The highest BCUT2D eigenvalue weighted by atomic mass is 16.2. The summed E-state index contributed by atoms with van der Waals surface area (Å²) < 4.78 is 0. The van der Waals surface area contributed by atoms with E-state index < -0.39 is 0 Å². The predicted molar refractivity (Wildman–Crippen MR) is 203 cm³/mol. The van der Waals surface area contributed by atoms with Crippen LogP contribution in [0.15, 0.2) is 121 Å². The number of aryl methyl sites for hydroxylation is 1. The lowest BCUT2D eigenvalue weighted by Crippen LogP contribution is -2.28. The monoisotopic (exact) mass is 696 g/mol. The van der Waals surface area contributed by atoms with E-state index in [2.05, 4.69) is 21.3 Å². The minimum absolute atomic E-state index is 0.174. The molecule has 52 heavy (non-hydrogen) atoms. The molecule has 0 unspecified atom stereocenters. The first-order valence-corrected chi connectivity index (χ1v) is 17.2. The molecular weight excluding hydrogens is 652 g/mol. The van der Waals surface area contributed by atoms with Gasteiger partial charge in [-0.1, -0.05) is 84.9 Å². The van der Waals surface area contributed by atoms with Crippen molar-refractivity contribution in [3.63, 3.8) is 0 Å². The van der Waals surface area contributed by atoms with Crippen LogP contribution in [0.1, 0.15) is 66.1 Å². The van der Waals surface area contributed by atoms with Gasteiger partial charge in [0, 0.05) is 62.4 Å². The molecule has 0 saturated carbocycles. The minimum Gasteiger partial charge on any atom is -0.348 e. The molecule has 4 amide bonds. The number of urea groups is 1. The average molecular weight is 697 g/mol. The Labute approximate surface area is 304 Å². The van der Waals surface area contributed by atoms with Crippen molar-refractivity contribution in [1.29, 1.82) is 0 Å². The third-order valence-electron chi connectivity index (χ3n) is 8.61. The molecule has 5 rings (SSSR count). The van der Waals surface area contributed by atoms with Crippen LogP contribution in [0.25, 0.3) is 0 Å². The zero-order valence-corrected chi connectivity index (χ0v) is 29.0. The Morgan fingerprint density at radius 3 is 1.29 bits per heavy atom. The number of carbonyl (C=O) groups excluding carboxylic acids is 4. The molecule has 0 heterocycles. The number of carbonyl (C=O) groups is 4. The van der Waals surface area contributed by atoms with Crippen molar-refractivity contribution in [3.8, 4) is 0 Å². The van der Waals surface area contributed by atoms with Crippen molar-refractivity contribution in [2.24, 2.45) is 11.5 Å². The molecule has 10 heteroatoms. The number of rotatable bonds is 16. The highest BCUT2D eigenvalue weighted by Crippen LogP contribution is 2.13. The Bertz CT molecular complexity index is 1800. The lowest BCUT2D eigenvalue weighted by atomic mass is 10.0. The van der Waals surface area contributed by atoms with Gasteiger partial charge in [0.1, 0.15) is 5.78 Å². The number of ketones is 1. The maximum absolute atomic E-state index is 12.8. The van der Waals surface area contributed by atoms with E-state index >= 15 is 0 Å². The molecule has 0 radical (unpaired) electrons. The summed E-state index contributed by atoms with van der Waals surface area (Å²) in [5, 5.41) is 11.4. The first kappa shape index (κ1) is 37.2. The average Bonchev–Trinajstić information content (AvgIpc) is 3.19.